The van der Waals surface area contributed by atoms with Crippen LogP contribution in [0.3, 0.4) is 0 Å². The first kappa shape index (κ1) is 12.7. The Kier molecular flexibility index (Phi) is 3.41. The molecule has 1 fully saturated rings. The van der Waals surface area contributed by atoms with E-state index in [2.05, 4.69) is 50.5 Å². The van der Waals surface area contributed by atoms with Crippen LogP contribution in [0.5, 0.6) is 0 Å². The summed E-state index contributed by atoms with van der Waals surface area (Å²) in [6, 6.07) is 12.6. The van der Waals surface area contributed by atoms with E-state index in [4.69, 9.17) is 5.73 Å². The highest BCUT2D eigenvalue weighted by molar-refractivity contribution is 5.53. The lowest BCUT2D eigenvalue weighted by Crippen LogP contribution is -2.21. The number of nitrogens with one attached hydrogen (secondary N) is 1. The quantitative estimate of drug-likeness (QED) is 0.893. The normalized spacial score (nSPS) is 18.2. The van der Waals surface area contributed by atoms with Gasteiger partial charge in [-0.05, 0) is 12.0 Å². The minimum atomic E-state index is 0.315. The number of aromatic nitrogens is 2. The number of benzene rings is 1. The van der Waals surface area contributed by atoms with Gasteiger partial charge < -0.3 is 16.0 Å². The Morgan fingerprint density at radius 3 is 2.80 bits per heavy atom. The van der Waals surface area contributed by atoms with Gasteiger partial charge in [-0.3, -0.25) is 0 Å². The van der Waals surface area contributed by atoms with Gasteiger partial charge in [0.25, 0.3) is 0 Å². The molecule has 104 valence electrons. The first-order valence-corrected chi connectivity index (χ1v) is 6.88. The van der Waals surface area contributed by atoms with E-state index in [1.165, 1.54) is 5.56 Å². The lowest BCUT2D eigenvalue weighted by Gasteiger charge is -2.18. The van der Waals surface area contributed by atoms with Crippen molar-refractivity contribution in [1.29, 1.82) is 0 Å². The number of nitrogens with two attached hydrogens (primary N) is 1. The second kappa shape index (κ2) is 5.36. The van der Waals surface area contributed by atoms with E-state index in [1.807, 2.05) is 13.1 Å². The average molecular weight is 269 g/mol. The molecule has 1 aromatic heterocycles. The maximum absolute atomic E-state index is 5.76. The lowest BCUT2D eigenvalue weighted by molar-refractivity contribution is 0.774. The first-order valence-electron chi connectivity index (χ1n) is 6.88. The van der Waals surface area contributed by atoms with Gasteiger partial charge in [0.2, 0.25) is 5.95 Å². The molecule has 2 aromatic rings. The van der Waals surface area contributed by atoms with E-state index in [9.17, 15) is 0 Å². The molecular formula is C15H19N5. The molecule has 1 aliphatic rings. The van der Waals surface area contributed by atoms with E-state index in [1.54, 1.807) is 0 Å². The van der Waals surface area contributed by atoms with Crippen molar-refractivity contribution < 1.29 is 0 Å². The van der Waals surface area contributed by atoms with Gasteiger partial charge in [-0.25, -0.2) is 0 Å². The van der Waals surface area contributed by atoms with Crippen molar-refractivity contribution in [3.8, 4) is 0 Å². The fourth-order valence-electron chi connectivity index (χ4n) is 2.71. The zero-order valence-electron chi connectivity index (χ0n) is 11.6. The summed E-state index contributed by atoms with van der Waals surface area (Å²) in [6.07, 6.45) is 1.14. The first-order chi connectivity index (χ1) is 9.76. The predicted octanol–water partition coefficient (Wildman–Crippen LogP) is 2.09. The Bertz CT molecular complexity index is 584. The molecule has 0 bridgehead atoms. The molecule has 0 aliphatic carbocycles. The molecule has 1 atom stereocenters. The van der Waals surface area contributed by atoms with Crippen LogP contribution in [-0.2, 0) is 0 Å². The van der Waals surface area contributed by atoms with Crippen molar-refractivity contribution in [3.05, 3.63) is 42.0 Å². The molecule has 1 aliphatic heterocycles. The Hall–Kier alpha value is -2.30. The molecule has 0 amide bonds. The van der Waals surface area contributed by atoms with Gasteiger partial charge in [-0.1, -0.05) is 30.3 Å². The zero-order chi connectivity index (χ0) is 13.9. The van der Waals surface area contributed by atoms with Crippen LogP contribution in [0.1, 0.15) is 17.9 Å². The smallest absolute Gasteiger partial charge is 0.223 e. The second-order valence-corrected chi connectivity index (χ2v) is 5.06. The van der Waals surface area contributed by atoms with Crippen LogP contribution in [0.15, 0.2) is 36.4 Å². The van der Waals surface area contributed by atoms with Gasteiger partial charge in [0.05, 0.1) is 0 Å². The monoisotopic (exact) mass is 269 g/mol. The van der Waals surface area contributed by atoms with Crippen molar-refractivity contribution in [2.24, 2.45) is 0 Å². The molecule has 2 heterocycles. The molecule has 0 saturated carbocycles. The third-order valence-electron chi connectivity index (χ3n) is 3.77. The molecule has 0 radical (unpaired) electrons. The Morgan fingerprint density at radius 2 is 2.05 bits per heavy atom. The molecule has 20 heavy (non-hydrogen) atoms. The molecule has 3 N–H and O–H groups in total. The lowest BCUT2D eigenvalue weighted by atomic mass is 9.99. The highest BCUT2D eigenvalue weighted by atomic mass is 15.2. The maximum atomic E-state index is 5.76. The van der Waals surface area contributed by atoms with Gasteiger partial charge in [-0.15, -0.1) is 0 Å². The summed E-state index contributed by atoms with van der Waals surface area (Å²) in [4.78, 5) is 10.7. The third-order valence-corrected chi connectivity index (χ3v) is 3.77. The molecule has 0 spiro atoms. The van der Waals surface area contributed by atoms with E-state index in [0.29, 0.717) is 11.9 Å². The maximum Gasteiger partial charge on any atom is 0.223 e. The summed E-state index contributed by atoms with van der Waals surface area (Å²) < 4.78 is 0. The van der Waals surface area contributed by atoms with E-state index >= 15 is 0 Å². The van der Waals surface area contributed by atoms with Crippen LogP contribution in [0.2, 0.25) is 0 Å². The van der Waals surface area contributed by atoms with Crippen molar-refractivity contribution in [1.82, 2.24) is 9.97 Å². The van der Waals surface area contributed by atoms with Crippen LogP contribution in [0.4, 0.5) is 17.6 Å². The summed E-state index contributed by atoms with van der Waals surface area (Å²) in [7, 11) is 1.84. The van der Waals surface area contributed by atoms with Crippen molar-refractivity contribution in [2.75, 3.05) is 36.1 Å². The topological polar surface area (TPSA) is 67.1 Å². The van der Waals surface area contributed by atoms with Crippen LogP contribution < -0.4 is 16.0 Å². The SMILES string of the molecule is CNc1cc(N2CCC(c3ccccc3)C2)nc(N)n1. The van der Waals surface area contributed by atoms with Crippen LogP contribution in [0.25, 0.3) is 0 Å². The number of nitrogens with zero attached hydrogens (tertiary/aromatic N) is 3. The summed E-state index contributed by atoms with van der Waals surface area (Å²) in [6.45, 7) is 1.97. The van der Waals surface area contributed by atoms with Crippen LogP contribution >= 0.6 is 0 Å². The Labute approximate surface area is 118 Å². The second-order valence-electron chi connectivity index (χ2n) is 5.06. The Morgan fingerprint density at radius 1 is 1.25 bits per heavy atom. The van der Waals surface area contributed by atoms with Gasteiger partial charge in [0.15, 0.2) is 0 Å². The largest absolute Gasteiger partial charge is 0.373 e. The van der Waals surface area contributed by atoms with Gasteiger partial charge in [0, 0.05) is 32.1 Å². The number of hydrogen-bond donors (Lipinski definition) is 2. The average Bonchev–Trinajstić information content (AvgIpc) is 2.97. The van der Waals surface area contributed by atoms with E-state index in [-0.39, 0.29) is 0 Å². The highest BCUT2D eigenvalue weighted by Crippen LogP contribution is 2.30. The number of nitrogen functional groups attached to an aromatic ring is 1. The standard InChI is InChI=1S/C15H19N5/c1-17-13-9-14(19-15(16)18-13)20-8-7-12(10-20)11-5-3-2-4-6-11/h2-6,9,12H,7-8,10H2,1H3,(H3,16,17,18,19). The summed E-state index contributed by atoms with van der Waals surface area (Å²) >= 11 is 0. The van der Waals surface area contributed by atoms with E-state index in [0.717, 1.165) is 31.1 Å². The molecule has 5 nitrogen and oxygen atoms in total. The molecular weight excluding hydrogens is 250 g/mol. The van der Waals surface area contributed by atoms with Gasteiger partial charge >= 0.3 is 0 Å². The summed E-state index contributed by atoms with van der Waals surface area (Å²) in [5.74, 6) is 2.54. The fourth-order valence-corrected chi connectivity index (χ4v) is 2.71. The predicted molar refractivity (Wildman–Crippen MR) is 82.0 cm³/mol. The van der Waals surface area contributed by atoms with Crippen LogP contribution in [0, 0.1) is 0 Å². The van der Waals surface area contributed by atoms with Gasteiger partial charge in [0.1, 0.15) is 11.6 Å². The highest BCUT2D eigenvalue weighted by Gasteiger charge is 2.25. The van der Waals surface area contributed by atoms with Crippen molar-refractivity contribution in [3.63, 3.8) is 0 Å². The number of anilines is 3. The molecule has 5 heteroatoms. The minimum absolute atomic E-state index is 0.315. The van der Waals surface area contributed by atoms with Crippen molar-refractivity contribution in [2.45, 2.75) is 12.3 Å². The molecule has 3 rings (SSSR count). The van der Waals surface area contributed by atoms with E-state index < -0.39 is 0 Å². The minimum Gasteiger partial charge on any atom is -0.373 e. The Balaban J connectivity index is 1.79. The molecule has 1 aromatic carbocycles. The van der Waals surface area contributed by atoms with Crippen LogP contribution in [-0.4, -0.2) is 30.1 Å². The number of hydrogen-bond acceptors (Lipinski definition) is 5. The number of rotatable bonds is 3. The third kappa shape index (κ3) is 2.52. The molecule has 1 saturated heterocycles. The zero-order valence-corrected chi connectivity index (χ0v) is 11.6. The molecule has 1 unspecified atom stereocenters. The van der Waals surface area contributed by atoms with Gasteiger partial charge in [-0.2, -0.15) is 9.97 Å². The summed E-state index contributed by atoms with van der Waals surface area (Å²) in [5, 5.41) is 3.02. The summed E-state index contributed by atoms with van der Waals surface area (Å²) in [5.41, 5.74) is 7.15. The van der Waals surface area contributed by atoms with Crippen molar-refractivity contribution >= 4 is 17.6 Å². The fraction of sp³-hybridized carbons (Fsp3) is 0.333.